The van der Waals surface area contributed by atoms with Gasteiger partial charge in [-0.1, -0.05) is 29.8 Å². The molecule has 0 aliphatic carbocycles. The molecule has 25 heavy (non-hydrogen) atoms. The molecule has 1 aromatic carbocycles. The quantitative estimate of drug-likeness (QED) is 0.826. The summed E-state index contributed by atoms with van der Waals surface area (Å²) in [5.74, 6) is -0.497. The standard InChI is InChI=1S/C18H17ClN2O3S/c1-10-17(23)21-18-13(9-11(25-18)7-8-15(22)24-2)16(20-10)12-5-3-4-6-14(12)19/h3-6,9-10,20H,7-8H2,1-2H3. The van der Waals surface area contributed by atoms with E-state index < -0.39 is 6.04 Å². The number of rotatable bonds is 4. The lowest BCUT2D eigenvalue weighted by atomic mass is 10.1. The Morgan fingerprint density at radius 1 is 1.40 bits per heavy atom. The summed E-state index contributed by atoms with van der Waals surface area (Å²) in [5, 5.41) is 4.66. The summed E-state index contributed by atoms with van der Waals surface area (Å²) in [7, 11) is 1.37. The highest BCUT2D eigenvalue weighted by molar-refractivity contribution is 7.09. The summed E-state index contributed by atoms with van der Waals surface area (Å²) in [6, 6.07) is 8.99. The van der Waals surface area contributed by atoms with Gasteiger partial charge in [0.05, 0.1) is 19.2 Å². The van der Waals surface area contributed by atoms with Gasteiger partial charge in [0.15, 0.2) is 0 Å². The number of nitrogens with zero attached hydrogens (tertiary/aromatic N) is 1. The number of carbonyl (C=O) groups is 2. The highest BCUT2D eigenvalue weighted by Gasteiger charge is 2.20. The van der Waals surface area contributed by atoms with Gasteiger partial charge >= 0.3 is 5.97 Å². The second kappa shape index (κ2) is 7.37. The Kier molecular flexibility index (Phi) is 5.20. The summed E-state index contributed by atoms with van der Waals surface area (Å²) in [4.78, 5) is 28.8. The third-order valence-corrected chi connectivity index (χ3v) is 5.34. The molecule has 1 aromatic heterocycles. The maximum atomic E-state index is 12.2. The fourth-order valence-electron chi connectivity index (χ4n) is 2.58. The number of fused-ring (bicyclic) bond motifs is 1. The lowest BCUT2D eigenvalue weighted by molar-refractivity contribution is -0.140. The van der Waals surface area contributed by atoms with Crippen molar-refractivity contribution in [2.45, 2.75) is 25.8 Å². The van der Waals surface area contributed by atoms with Crippen LogP contribution >= 0.6 is 22.9 Å². The number of thiophene rings is 1. The number of nitrogens with one attached hydrogen (secondary N) is 1. The predicted molar refractivity (Wildman–Crippen MR) is 97.0 cm³/mol. The Bertz CT molecular complexity index is 951. The number of aryl methyl sites for hydroxylation is 1. The molecule has 7 heteroatoms. The van der Waals surface area contributed by atoms with Crippen LogP contribution in [-0.2, 0) is 20.7 Å². The molecule has 2 aromatic rings. The summed E-state index contributed by atoms with van der Waals surface area (Å²) in [5.41, 5.74) is 1.60. The van der Waals surface area contributed by atoms with Crippen molar-refractivity contribution in [2.75, 3.05) is 7.11 Å². The zero-order chi connectivity index (χ0) is 18.0. The topological polar surface area (TPSA) is 67.8 Å². The SMILES string of the molecule is COC(=O)CCc1cc2c(s1)=NC(=O)C(C)NC=2c1ccccc1Cl. The van der Waals surface area contributed by atoms with E-state index in [1.807, 2.05) is 30.3 Å². The van der Waals surface area contributed by atoms with Crippen LogP contribution in [0.4, 0.5) is 0 Å². The molecule has 5 nitrogen and oxygen atoms in total. The van der Waals surface area contributed by atoms with Crippen LogP contribution in [0.15, 0.2) is 35.3 Å². The number of halogens is 1. The Hall–Kier alpha value is -2.18. The predicted octanol–water partition coefficient (Wildman–Crippen LogP) is 1.80. The first-order chi connectivity index (χ1) is 12.0. The molecule has 1 atom stereocenters. The molecule has 0 radical (unpaired) electrons. The van der Waals surface area contributed by atoms with E-state index in [9.17, 15) is 9.59 Å². The van der Waals surface area contributed by atoms with Gasteiger partial charge in [0.25, 0.3) is 5.91 Å². The van der Waals surface area contributed by atoms with Crippen LogP contribution in [0.25, 0.3) is 5.70 Å². The number of ether oxygens (including phenoxy) is 1. The lowest BCUT2D eigenvalue weighted by Crippen LogP contribution is -2.33. The number of carbonyl (C=O) groups excluding carboxylic acids is 2. The largest absolute Gasteiger partial charge is 0.469 e. The van der Waals surface area contributed by atoms with E-state index in [1.54, 1.807) is 6.92 Å². The Morgan fingerprint density at radius 3 is 2.88 bits per heavy atom. The van der Waals surface area contributed by atoms with Gasteiger partial charge < -0.3 is 10.1 Å². The smallest absolute Gasteiger partial charge is 0.305 e. The van der Waals surface area contributed by atoms with Crippen LogP contribution in [0.3, 0.4) is 0 Å². The average Bonchev–Trinajstić information content (AvgIpc) is 2.95. The Balaban J connectivity index is 2.15. The number of hydrogen-bond donors (Lipinski definition) is 1. The van der Waals surface area contributed by atoms with Crippen LogP contribution in [0, 0.1) is 0 Å². The van der Waals surface area contributed by atoms with Crippen molar-refractivity contribution in [3.63, 3.8) is 0 Å². The van der Waals surface area contributed by atoms with E-state index in [4.69, 9.17) is 11.6 Å². The van der Waals surface area contributed by atoms with Gasteiger partial charge in [-0.15, -0.1) is 11.3 Å². The van der Waals surface area contributed by atoms with Crippen molar-refractivity contribution in [1.29, 1.82) is 0 Å². The van der Waals surface area contributed by atoms with E-state index in [0.717, 1.165) is 21.4 Å². The molecule has 0 spiro atoms. The van der Waals surface area contributed by atoms with Gasteiger partial charge in [0.1, 0.15) is 10.7 Å². The van der Waals surface area contributed by atoms with Crippen LogP contribution < -0.4 is 15.2 Å². The summed E-state index contributed by atoms with van der Waals surface area (Å²) in [6.45, 7) is 1.78. The maximum absolute atomic E-state index is 12.2. The van der Waals surface area contributed by atoms with E-state index in [-0.39, 0.29) is 18.3 Å². The number of hydrogen-bond acceptors (Lipinski definition) is 5. The minimum atomic E-state index is -0.440. The second-order valence-electron chi connectivity index (χ2n) is 5.68. The first kappa shape index (κ1) is 17.6. The third kappa shape index (κ3) is 3.75. The van der Waals surface area contributed by atoms with Gasteiger partial charge in [-0.3, -0.25) is 9.59 Å². The van der Waals surface area contributed by atoms with E-state index >= 15 is 0 Å². The maximum Gasteiger partial charge on any atom is 0.305 e. The van der Waals surface area contributed by atoms with Gasteiger partial charge in [-0.25, -0.2) is 4.99 Å². The molecule has 1 unspecified atom stereocenters. The first-order valence-electron chi connectivity index (χ1n) is 7.83. The Labute approximate surface area is 154 Å². The summed E-state index contributed by atoms with van der Waals surface area (Å²) < 4.78 is 5.32. The van der Waals surface area contributed by atoms with Gasteiger partial charge in [0, 0.05) is 20.7 Å². The molecule has 0 fully saturated rings. The second-order valence-corrected chi connectivity index (χ2v) is 7.20. The molecule has 1 aliphatic heterocycles. The normalized spacial score (nSPS) is 16.5. The first-order valence-corrected chi connectivity index (χ1v) is 9.03. The molecule has 0 saturated carbocycles. The van der Waals surface area contributed by atoms with Crippen LogP contribution in [-0.4, -0.2) is 25.0 Å². The minimum Gasteiger partial charge on any atom is -0.469 e. The molecular formula is C18H17ClN2O3S. The molecule has 1 amide bonds. The molecule has 1 N–H and O–H groups in total. The highest BCUT2D eigenvalue weighted by atomic mass is 35.5. The fourth-order valence-corrected chi connectivity index (χ4v) is 3.85. The molecular weight excluding hydrogens is 360 g/mol. The number of methoxy groups -OCH3 is 1. The molecule has 1 aliphatic rings. The van der Waals surface area contributed by atoms with Crippen molar-refractivity contribution in [2.24, 2.45) is 4.99 Å². The molecule has 0 saturated heterocycles. The molecule has 130 valence electrons. The number of benzene rings is 1. The number of amides is 1. The van der Waals surface area contributed by atoms with Crippen molar-refractivity contribution in [3.05, 3.63) is 55.7 Å². The fraction of sp³-hybridized carbons (Fsp3) is 0.278. The van der Waals surface area contributed by atoms with Gasteiger partial charge in [-0.2, -0.15) is 0 Å². The minimum absolute atomic E-state index is 0.232. The molecule has 3 rings (SSSR count). The Morgan fingerprint density at radius 2 is 2.16 bits per heavy atom. The molecule has 0 bridgehead atoms. The summed E-state index contributed by atoms with van der Waals surface area (Å²) in [6.07, 6.45) is 0.828. The number of esters is 1. The van der Waals surface area contributed by atoms with E-state index in [0.29, 0.717) is 16.1 Å². The van der Waals surface area contributed by atoms with Crippen molar-refractivity contribution < 1.29 is 14.3 Å². The molecule has 2 heterocycles. The van der Waals surface area contributed by atoms with Crippen LogP contribution in [0.1, 0.15) is 23.8 Å². The average molecular weight is 377 g/mol. The van der Waals surface area contributed by atoms with E-state index in [1.165, 1.54) is 18.4 Å². The lowest BCUT2D eigenvalue weighted by Gasteiger charge is -2.14. The van der Waals surface area contributed by atoms with Crippen LogP contribution in [0.5, 0.6) is 0 Å². The van der Waals surface area contributed by atoms with Gasteiger partial charge in [0.2, 0.25) is 0 Å². The van der Waals surface area contributed by atoms with Crippen molar-refractivity contribution >= 4 is 40.5 Å². The monoisotopic (exact) mass is 376 g/mol. The van der Waals surface area contributed by atoms with Crippen LogP contribution in [0.2, 0.25) is 5.02 Å². The van der Waals surface area contributed by atoms with Crippen molar-refractivity contribution in [1.82, 2.24) is 5.32 Å². The highest BCUT2D eigenvalue weighted by Crippen LogP contribution is 2.21. The van der Waals surface area contributed by atoms with Gasteiger partial charge in [-0.05, 0) is 25.5 Å². The van der Waals surface area contributed by atoms with Crippen molar-refractivity contribution in [3.8, 4) is 0 Å². The zero-order valence-corrected chi connectivity index (χ0v) is 15.4. The third-order valence-electron chi connectivity index (χ3n) is 3.92. The van der Waals surface area contributed by atoms with E-state index in [2.05, 4.69) is 15.0 Å². The summed E-state index contributed by atoms with van der Waals surface area (Å²) >= 11 is 7.77. The zero-order valence-electron chi connectivity index (χ0n) is 13.8.